The van der Waals surface area contributed by atoms with E-state index < -0.39 is 17.7 Å². The zero-order chi connectivity index (χ0) is 24.9. The van der Waals surface area contributed by atoms with Crippen LogP contribution >= 0.6 is 0 Å². The molecule has 0 aliphatic carbocycles. The fraction of sp³-hybridized carbons (Fsp3) is 0.241. The average molecular weight is 470 g/mol. The molecule has 2 aliphatic heterocycles. The minimum Gasteiger partial charge on any atom is -0.507 e. The molecule has 1 fully saturated rings. The third-order valence-corrected chi connectivity index (χ3v) is 6.88. The number of benzene rings is 3. The number of fused-ring (bicyclic) bond motifs is 1. The summed E-state index contributed by atoms with van der Waals surface area (Å²) >= 11 is 0. The number of hydrogen-bond acceptors (Lipinski definition) is 5. The van der Waals surface area contributed by atoms with Crippen molar-refractivity contribution in [1.82, 2.24) is 0 Å². The van der Waals surface area contributed by atoms with Crippen molar-refractivity contribution < 1.29 is 24.2 Å². The van der Waals surface area contributed by atoms with Crippen LogP contribution in [0.15, 0.2) is 66.2 Å². The average Bonchev–Trinajstić information content (AvgIpc) is 3.36. The van der Waals surface area contributed by atoms with E-state index in [4.69, 9.17) is 9.47 Å². The van der Waals surface area contributed by atoms with Crippen molar-refractivity contribution in [1.29, 1.82) is 0 Å². The van der Waals surface area contributed by atoms with E-state index in [1.165, 1.54) is 4.90 Å². The Morgan fingerprint density at radius 1 is 1.06 bits per heavy atom. The Morgan fingerprint density at radius 3 is 2.51 bits per heavy atom. The number of rotatable bonds is 4. The van der Waals surface area contributed by atoms with Gasteiger partial charge in [-0.15, -0.1) is 0 Å². The van der Waals surface area contributed by atoms with Gasteiger partial charge in [-0.05, 0) is 79.4 Å². The number of anilines is 1. The van der Waals surface area contributed by atoms with Crippen LogP contribution in [0.1, 0.15) is 40.8 Å². The van der Waals surface area contributed by atoms with E-state index in [1.54, 1.807) is 31.4 Å². The van der Waals surface area contributed by atoms with E-state index in [9.17, 15) is 14.7 Å². The van der Waals surface area contributed by atoms with E-state index >= 15 is 0 Å². The van der Waals surface area contributed by atoms with Crippen LogP contribution in [0.25, 0.3) is 5.76 Å². The van der Waals surface area contributed by atoms with Crippen molar-refractivity contribution in [2.24, 2.45) is 0 Å². The highest BCUT2D eigenvalue weighted by Crippen LogP contribution is 2.44. The first-order valence-corrected chi connectivity index (χ1v) is 11.6. The molecule has 0 radical (unpaired) electrons. The van der Waals surface area contributed by atoms with E-state index in [2.05, 4.69) is 0 Å². The molecule has 35 heavy (non-hydrogen) atoms. The summed E-state index contributed by atoms with van der Waals surface area (Å²) in [6, 6.07) is 17.4. The van der Waals surface area contributed by atoms with Crippen LogP contribution in [0.5, 0.6) is 11.5 Å². The molecular weight excluding hydrogens is 442 g/mol. The maximum atomic E-state index is 13.4. The third kappa shape index (κ3) is 3.75. The number of nitrogens with zero attached hydrogens (tertiary/aromatic N) is 1. The van der Waals surface area contributed by atoms with Crippen molar-refractivity contribution in [3.63, 3.8) is 0 Å². The number of methoxy groups -OCH3 is 1. The predicted molar refractivity (Wildman–Crippen MR) is 134 cm³/mol. The van der Waals surface area contributed by atoms with E-state index in [-0.39, 0.29) is 17.4 Å². The predicted octanol–water partition coefficient (Wildman–Crippen LogP) is 5.26. The zero-order valence-electron chi connectivity index (χ0n) is 20.2. The molecule has 6 heteroatoms. The highest BCUT2D eigenvalue weighted by atomic mass is 16.5. The van der Waals surface area contributed by atoms with Crippen molar-refractivity contribution in [2.75, 3.05) is 12.0 Å². The molecule has 6 nitrogen and oxygen atoms in total. The summed E-state index contributed by atoms with van der Waals surface area (Å²) in [7, 11) is 1.58. The number of carbonyl (C=O) groups is 2. The number of ether oxygens (including phenoxy) is 2. The summed E-state index contributed by atoms with van der Waals surface area (Å²) in [5, 5.41) is 11.4. The van der Waals surface area contributed by atoms with Gasteiger partial charge in [-0.2, -0.15) is 0 Å². The molecule has 2 aliphatic rings. The smallest absolute Gasteiger partial charge is 0.300 e. The lowest BCUT2D eigenvalue weighted by atomic mass is 9.94. The molecule has 3 aromatic carbocycles. The Labute approximate surface area is 204 Å². The van der Waals surface area contributed by atoms with Gasteiger partial charge in [0.05, 0.1) is 18.7 Å². The summed E-state index contributed by atoms with van der Waals surface area (Å²) in [6.07, 6.45) is 0.770. The van der Waals surface area contributed by atoms with Crippen LogP contribution < -0.4 is 14.4 Å². The lowest BCUT2D eigenvalue weighted by molar-refractivity contribution is -0.132. The van der Waals surface area contributed by atoms with Crippen LogP contribution in [0.2, 0.25) is 0 Å². The molecule has 1 saturated heterocycles. The summed E-state index contributed by atoms with van der Waals surface area (Å²) in [6.45, 7) is 5.88. The first-order valence-electron chi connectivity index (χ1n) is 11.6. The maximum Gasteiger partial charge on any atom is 0.300 e. The normalized spacial score (nSPS) is 20.6. The number of aryl methyl sites for hydroxylation is 1. The molecule has 2 heterocycles. The van der Waals surface area contributed by atoms with Gasteiger partial charge in [0, 0.05) is 17.7 Å². The summed E-state index contributed by atoms with van der Waals surface area (Å²) in [5.41, 5.74) is 4.76. The molecule has 3 aromatic rings. The van der Waals surface area contributed by atoms with Crippen LogP contribution in [-0.4, -0.2) is 30.0 Å². The first kappa shape index (κ1) is 22.7. The number of aliphatic hydroxyl groups excluding tert-OH is 1. The topological polar surface area (TPSA) is 76.1 Å². The van der Waals surface area contributed by atoms with Gasteiger partial charge in [0.15, 0.2) is 0 Å². The van der Waals surface area contributed by atoms with Crippen LogP contribution in [0.3, 0.4) is 0 Å². The summed E-state index contributed by atoms with van der Waals surface area (Å²) < 4.78 is 11.1. The van der Waals surface area contributed by atoms with Crippen molar-refractivity contribution in [2.45, 2.75) is 39.3 Å². The number of amides is 1. The Morgan fingerprint density at radius 2 is 1.80 bits per heavy atom. The zero-order valence-corrected chi connectivity index (χ0v) is 20.2. The lowest BCUT2D eigenvalue weighted by Crippen LogP contribution is -2.30. The molecule has 2 atom stereocenters. The SMILES string of the molecule is COc1ccc(C2/C(=C(/O)c3ccc4c(c3)CC(C)O4)C(=O)C(=O)N2c2cccc(C)c2C)cc1. The highest BCUT2D eigenvalue weighted by molar-refractivity contribution is 6.51. The summed E-state index contributed by atoms with van der Waals surface area (Å²) in [4.78, 5) is 28.4. The van der Waals surface area contributed by atoms with E-state index in [1.807, 2.05) is 57.2 Å². The Hall–Kier alpha value is -4.06. The standard InChI is InChI=1S/C29H27NO5/c1-16-6-5-7-23(18(16)3)30-26(19-8-11-22(34-4)12-9-19)25(28(32)29(30)33)27(31)20-10-13-24-21(15-20)14-17(2)35-24/h5-13,15,17,26,31H,14H2,1-4H3/b27-25-. The first-order chi connectivity index (χ1) is 16.8. The highest BCUT2D eigenvalue weighted by Gasteiger charge is 2.47. The van der Waals surface area contributed by atoms with Crippen molar-refractivity contribution in [3.05, 3.63) is 94.1 Å². The lowest BCUT2D eigenvalue weighted by Gasteiger charge is -2.27. The van der Waals surface area contributed by atoms with Gasteiger partial charge < -0.3 is 14.6 Å². The van der Waals surface area contributed by atoms with E-state index in [0.29, 0.717) is 22.6 Å². The minimum atomic E-state index is -0.787. The van der Waals surface area contributed by atoms with Gasteiger partial charge in [0.25, 0.3) is 11.7 Å². The monoisotopic (exact) mass is 469 g/mol. The molecule has 0 spiro atoms. The largest absolute Gasteiger partial charge is 0.507 e. The van der Waals surface area contributed by atoms with Crippen LogP contribution in [0.4, 0.5) is 5.69 Å². The van der Waals surface area contributed by atoms with E-state index in [0.717, 1.165) is 28.9 Å². The minimum absolute atomic E-state index is 0.0524. The maximum absolute atomic E-state index is 13.4. The number of hydrogen-bond donors (Lipinski definition) is 1. The molecule has 1 N–H and O–H groups in total. The molecule has 5 rings (SSSR count). The van der Waals surface area contributed by atoms with Crippen LogP contribution in [-0.2, 0) is 16.0 Å². The molecular formula is C29H27NO5. The fourth-order valence-electron chi connectivity index (χ4n) is 4.90. The molecule has 0 bridgehead atoms. The third-order valence-electron chi connectivity index (χ3n) is 6.88. The second-order valence-corrected chi connectivity index (χ2v) is 9.12. The Kier molecular flexibility index (Phi) is 5.59. The molecule has 1 amide bonds. The van der Waals surface area contributed by atoms with Crippen LogP contribution in [0, 0.1) is 13.8 Å². The second kappa shape index (κ2) is 8.62. The molecule has 0 aromatic heterocycles. The number of ketones is 1. The van der Waals surface area contributed by atoms with Gasteiger partial charge >= 0.3 is 0 Å². The Bertz CT molecular complexity index is 1370. The quantitative estimate of drug-likeness (QED) is 0.320. The molecule has 2 unspecified atom stereocenters. The van der Waals surface area contributed by atoms with Gasteiger partial charge in [-0.3, -0.25) is 14.5 Å². The summed E-state index contributed by atoms with van der Waals surface area (Å²) in [5.74, 6) is -0.144. The van der Waals surface area contributed by atoms with Gasteiger partial charge in [-0.1, -0.05) is 24.3 Å². The van der Waals surface area contributed by atoms with Gasteiger partial charge in [-0.25, -0.2) is 0 Å². The number of aliphatic hydroxyl groups is 1. The fourth-order valence-corrected chi connectivity index (χ4v) is 4.90. The van der Waals surface area contributed by atoms with Gasteiger partial charge in [0.1, 0.15) is 23.4 Å². The Balaban J connectivity index is 1.71. The van der Waals surface area contributed by atoms with Crippen molar-refractivity contribution >= 4 is 23.1 Å². The molecule has 0 saturated carbocycles. The van der Waals surface area contributed by atoms with Crippen molar-refractivity contribution in [3.8, 4) is 11.5 Å². The second-order valence-electron chi connectivity index (χ2n) is 9.12. The molecule has 178 valence electrons. The number of Topliss-reactive ketones (excluding diaryl/α,β-unsaturated/α-hetero) is 1. The van der Waals surface area contributed by atoms with Gasteiger partial charge in [0.2, 0.25) is 0 Å². The number of carbonyl (C=O) groups excluding carboxylic acids is 2.